The van der Waals surface area contributed by atoms with E-state index in [1.54, 1.807) is 29.0 Å². The molecule has 0 radical (unpaired) electrons. The average molecular weight is 370 g/mol. The second-order valence-electron chi connectivity index (χ2n) is 6.36. The number of benzene rings is 1. The maximum atomic E-state index is 12.4. The number of aromatic nitrogens is 2. The topological polar surface area (TPSA) is 99.6 Å². The molecular formula is C18H22N6O3. The van der Waals surface area contributed by atoms with E-state index in [4.69, 9.17) is 0 Å². The summed E-state index contributed by atoms with van der Waals surface area (Å²) in [6.45, 7) is 4.16. The van der Waals surface area contributed by atoms with Gasteiger partial charge in [-0.3, -0.25) is 24.1 Å². The van der Waals surface area contributed by atoms with Crippen molar-refractivity contribution in [3.63, 3.8) is 0 Å². The average Bonchev–Trinajstić information content (AvgIpc) is 3.19. The van der Waals surface area contributed by atoms with Gasteiger partial charge < -0.3 is 10.6 Å². The molecule has 1 aromatic carbocycles. The lowest BCUT2D eigenvalue weighted by atomic mass is 10.1. The molecule has 3 rings (SSSR count). The molecule has 9 nitrogen and oxygen atoms in total. The number of imide groups is 1. The first-order valence-corrected chi connectivity index (χ1v) is 8.58. The molecule has 0 aliphatic carbocycles. The highest BCUT2D eigenvalue weighted by atomic mass is 16.2. The molecule has 0 atom stereocenters. The lowest BCUT2D eigenvalue weighted by Gasteiger charge is -2.21. The molecular weight excluding hydrogens is 348 g/mol. The lowest BCUT2D eigenvalue weighted by molar-refractivity contribution is -0.125. The predicted octanol–water partition coefficient (Wildman–Crippen LogP) is 1.57. The molecule has 0 spiro atoms. The quantitative estimate of drug-likeness (QED) is 0.832. The van der Waals surface area contributed by atoms with Crippen molar-refractivity contribution < 1.29 is 14.4 Å². The number of rotatable bonds is 5. The summed E-state index contributed by atoms with van der Waals surface area (Å²) in [5.74, 6) is -0.464. The van der Waals surface area contributed by atoms with Crippen molar-refractivity contribution in [2.24, 2.45) is 7.05 Å². The second-order valence-corrected chi connectivity index (χ2v) is 6.36. The van der Waals surface area contributed by atoms with E-state index in [1.165, 1.54) is 11.8 Å². The Balaban J connectivity index is 1.67. The van der Waals surface area contributed by atoms with Crippen LogP contribution in [0, 0.1) is 6.92 Å². The number of hydrogen-bond donors (Lipinski definition) is 2. The minimum Gasteiger partial charge on any atom is -0.376 e. The maximum Gasteiger partial charge on any atom is 0.331 e. The molecule has 1 saturated heterocycles. The van der Waals surface area contributed by atoms with Gasteiger partial charge in [-0.1, -0.05) is 6.07 Å². The van der Waals surface area contributed by atoms with E-state index in [-0.39, 0.29) is 24.4 Å². The van der Waals surface area contributed by atoms with Crippen LogP contribution in [-0.2, 0) is 16.6 Å². The first-order chi connectivity index (χ1) is 12.9. The van der Waals surface area contributed by atoms with Gasteiger partial charge in [-0.15, -0.1) is 0 Å². The Hall–Kier alpha value is -3.36. The highest BCUT2D eigenvalue weighted by molar-refractivity contribution is 6.04. The zero-order valence-corrected chi connectivity index (χ0v) is 15.5. The van der Waals surface area contributed by atoms with Gasteiger partial charge in [-0.2, -0.15) is 5.10 Å². The Morgan fingerprint density at radius 1 is 1.26 bits per heavy atom. The first kappa shape index (κ1) is 18.4. The molecule has 1 aliphatic heterocycles. The van der Waals surface area contributed by atoms with Crippen molar-refractivity contribution in [3.05, 3.63) is 36.2 Å². The van der Waals surface area contributed by atoms with Crippen LogP contribution in [0.15, 0.2) is 30.6 Å². The fourth-order valence-corrected chi connectivity index (χ4v) is 3.03. The number of urea groups is 1. The maximum absolute atomic E-state index is 12.4. The molecule has 2 heterocycles. The van der Waals surface area contributed by atoms with Crippen LogP contribution in [0.25, 0.3) is 0 Å². The van der Waals surface area contributed by atoms with Crippen LogP contribution in [-0.4, -0.2) is 52.2 Å². The van der Waals surface area contributed by atoms with E-state index in [2.05, 4.69) is 15.7 Å². The molecule has 27 heavy (non-hydrogen) atoms. The molecule has 2 N–H and O–H groups in total. The lowest BCUT2D eigenvalue weighted by Crippen LogP contribution is -2.35. The number of anilines is 3. The zero-order valence-electron chi connectivity index (χ0n) is 15.5. The van der Waals surface area contributed by atoms with Gasteiger partial charge in [0.1, 0.15) is 0 Å². The van der Waals surface area contributed by atoms with Gasteiger partial charge in [0.25, 0.3) is 0 Å². The minimum absolute atomic E-state index is 0.0761. The van der Waals surface area contributed by atoms with Gasteiger partial charge in [0.05, 0.1) is 24.1 Å². The van der Waals surface area contributed by atoms with Crippen molar-refractivity contribution in [2.45, 2.75) is 13.8 Å². The number of carbonyl (C=O) groups is 3. The van der Waals surface area contributed by atoms with Gasteiger partial charge in [-0.25, -0.2) is 4.79 Å². The molecule has 4 amide bonds. The van der Waals surface area contributed by atoms with Crippen molar-refractivity contribution in [3.8, 4) is 0 Å². The van der Waals surface area contributed by atoms with E-state index in [9.17, 15) is 14.4 Å². The first-order valence-electron chi connectivity index (χ1n) is 8.58. The van der Waals surface area contributed by atoms with Gasteiger partial charge in [0.15, 0.2) is 0 Å². The number of nitrogens with one attached hydrogen (secondary N) is 2. The summed E-state index contributed by atoms with van der Waals surface area (Å²) in [5.41, 5.74) is 2.94. The number of aryl methyl sites for hydroxylation is 1. The molecule has 2 aromatic rings. The van der Waals surface area contributed by atoms with E-state index < -0.39 is 0 Å². The van der Waals surface area contributed by atoms with E-state index in [0.29, 0.717) is 18.8 Å². The fourth-order valence-electron chi connectivity index (χ4n) is 3.03. The fraction of sp³-hybridized carbons (Fsp3) is 0.333. The summed E-state index contributed by atoms with van der Waals surface area (Å²) >= 11 is 0. The molecule has 142 valence electrons. The molecule has 1 aliphatic rings. The molecule has 1 fully saturated rings. The van der Waals surface area contributed by atoms with Crippen LogP contribution in [0.3, 0.4) is 0 Å². The highest BCUT2D eigenvalue weighted by Crippen LogP contribution is 2.29. The molecule has 0 unspecified atom stereocenters. The van der Waals surface area contributed by atoms with Gasteiger partial charge >= 0.3 is 6.03 Å². The second kappa shape index (κ2) is 7.48. The largest absolute Gasteiger partial charge is 0.376 e. The third kappa shape index (κ3) is 3.91. The van der Waals surface area contributed by atoms with E-state index in [0.717, 1.165) is 16.9 Å². The van der Waals surface area contributed by atoms with Crippen molar-refractivity contribution in [2.75, 3.05) is 35.2 Å². The smallest absolute Gasteiger partial charge is 0.331 e. The van der Waals surface area contributed by atoms with Crippen molar-refractivity contribution in [1.82, 2.24) is 14.7 Å². The van der Waals surface area contributed by atoms with Crippen LogP contribution in [0.5, 0.6) is 0 Å². The number of carbonyl (C=O) groups excluding carboxylic acids is 3. The Morgan fingerprint density at radius 3 is 2.67 bits per heavy atom. The SMILES string of the molecule is CC(=O)N1CCN(c2cccc(NCC(=O)Nc3cnn(C)c3)c2C)C1=O. The Kier molecular flexibility index (Phi) is 5.11. The zero-order chi connectivity index (χ0) is 19.6. The Morgan fingerprint density at radius 2 is 2.04 bits per heavy atom. The molecule has 9 heteroatoms. The third-order valence-corrected chi connectivity index (χ3v) is 4.41. The number of hydrogen-bond acceptors (Lipinski definition) is 5. The van der Waals surface area contributed by atoms with Crippen LogP contribution in [0.2, 0.25) is 0 Å². The third-order valence-electron chi connectivity index (χ3n) is 4.41. The van der Waals surface area contributed by atoms with E-state index in [1.807, 2.05) is 25.1 Å². The van der Waals surface area contributed by atoms with Crippen LogP contribution in [0.1, 0.15) is 12.5 Å². The predicted molar refractivity (Wildman–Crippen MR) is 102 cm³/mol. The summed E-state index contributed by atoms with van der Waals surface area (Å²) < 4.78 is 1.61. The van der Waals surface area contributed by atoms with Crippen LogP contribution in [0.4, 0.5) is 21.9 Å². The molecule has 1 aromatic heterocycles. The normalized spacial score (nSPS) is 13.8. The van der Waals surface area contributed by atoms with Crippen molar-refractivity contribution in [1.29, 1.82) is 0 Å². The Labute approximate surface area is 156 Å². The van der Waals surface area contributed by atoms with Crippen LogP contribution >= 0.6 is 0 Å². The monoisotopic (exact) mass is 370 g/mol. The van der Waals surface area contributed by atoms with Crippen molar-refractivity contribution >= 4 is 34.9 Å². The summed E-state index contributed by atoms with van der Waals surface area (Å²) in [4.78, 5) is 38.9. The van der Waals surface area contributed by atoms with Gasteiger partial charge in [0.2, 0.25) is 11.8 Å². The van der Waals surface area contributed by atoms with Crippen LogP contribution < -0.4 is 15.5 Å². The van der Waals surface area contributed by atoms with Gasteiger partial charge in [-0.05, 0) is 24.6 Å². The number of nitrogens with zero attached hydrogens (tertiary/aromatic N) is 4. The standard InChI is InChI=1S/C18H22N6O3/c1-12-15(19-10-17(26)21-14-9-20-22(3)11-14)5-4-6-16(12)24-8-7-23(13(2)25)18(24)27/h4-6,9,11,19H,7-8,10H2,1-3H3,(H,21,26). The Bertz CT molecular complexity index is 891. The molecule has 0 bridgehead atoms. The van der Waals surface area contributed by atoms with E-state index >= 15 is 0 Å². The number of amides is 4. The highest BCUT2D eigenvalue weighted by Gasteiger charge is 2.33. The molecule has 0 saturated carbocycles. The summed E-state index contributed by atoms with van der Waals surface area (Å²) in [6, 6.07) is 5.17. The summed E-state index contributed by atoms with van der Waals surface area (Å²) in [6.07, 6.45) is 3.28. The summed E-state index contributed by atoms with van der Waals surface area (Å²) in [7, 11) is 1.77. The van der Waals surface area contributed by atoms with Gasteiger partial charge in [0, 0.05) is 38.9 Å². The minimum atomic E-state index is -0.322. The summed E-state index contributed by atoms with van der Waals surface area (Å²) in [5, 5.41) is 9.85.